The van der Waals surface area contributed by atoms with Crippen molar-refractivity contribution in [3.8, 4) is 6.07 Å². The predicted octanol–water partition coefficient (Wildman–Crippen LogP) is 1.05. The Morgan fingerprint density at radius 2 is 2.13 bits per heavy atom. The number of carbonyl (C=O) groups is 1. The molecule has 4 nitrogen and oxygen atoms in total. The van der Waals surface area contributed by atoms with Crippen molar-refractivity contribution in [2.75, 3.05) is 0 Å². The zero-order chi connectivity index (χ0) is 10.7. The van der Waals surface area contributed by atoms with Gasteiger partial charge in [0.15, 0.2) is 0 Å². The van der Waals surface area contributed by atoms with E-state index < -0.39 is 5.92 Å². The van der Waals surface area contributed by atoms with E-state index in [0.717, 1.165) is 11.3 Å². The second-order valence-corrected chi connectivity index (χ2v) is 3.29. The Bertz CT molecular complexity index is 445. The molecule has 0 saturated heterocycles. The number of amides is 1. The van der Waals surface area contributed by atoms with E-state index in [1.807, 2.05) is 36.4 Å². The Morgan fingerprint density at radius 1 is 1.40 bits per heavy atom. The first kappa shape index (κ1) is 9.41. The van der Waals surface area contributed by atoms with Gasteiger partial charge in [0.25, 0.3) is 5.91 Å². The second-order valence-electron chi connectivity index (χ2n) is 3.29. The fourth-order valence-electron chi connectivity index (χ4n) is 1.45. The summed E-state index contributed by atoms with van der Waals surface area (Å²) in [6.07, 6.45) is 0.381. The lowest BCUT2D eigenvalue weighted by Crippen LogP contribution is -2.33. The normalized spacial score (nSPS) is 20.1. The monoisotopic (exact) mass is 199 g/mol. The average molecular weight is 199 g/mol. The highest BCUT2D eigenvalue weighted by Gasteiger charge is 2.24. The summed E-state index contributed by atoms with van der Waals surface area (Å²) in [6, 6.07) is 11.5. The maximum absolute atomic E-state index is 11.2. The molecule has 1 N–H and O–H groups in total. The standard InChI is InChI=1S/C11H9N3O/c12-7-9-6-10(13-14-11(9)15)8-4-2-1-3-5-8/h1-5,9H,6H2,(H,14,15). The van der Waals surface area contributed by atoms with Gasteiger partial charge in [0, 0.05) is 6.42 Å². The van der Waals surface area contributed by atoms with Crippen LogP contribution in [-0.2, 0) is 4.79 Å². The third-order valence-electron chi connectivity index (χ3n) is 2.28. The minimum atomic E-state index is -0.627. The molecule has 1 amide bonds. The molecule has 4 heteroatoms. The molecule has 1 unspecified atom stereocenters. The Morgan fingerprint density at radius 3 is 2.80 bits per heavy atom. The number of benzene rings is 1. The van der Waals surface area contributed by atoms with Crippen LogP contribution in [0.25, 0.3) is 0 Å². The maximum atomic E-state index is 11.2. The molecule has 0 saturated carbocycles. The number of carbonyl (C=O) groups excluding carboxylic acids is 1. The van der Waals surface area contributed by atoms with Crippen molar-refractivity contribution in [3.63, 3.8) is 0 Å². The van der Waals surface area contributed by atoms with Crippen molar-refractivity contribution >= 4 is 11.6 Å². The Hall–Kier alpha value is -2.15. The van der Waals surface area contributed by atoms with Gasteiger partial charge in [0.1, 0.15) is 5.92 Å². The first-order valence-electron chi connectivity index (χ1n) is 4.62. The summed E-state index contributed by atoms with van der Waals surface area (Å²) in [7, 11) is 0. The molecule has 1 aromatic rings. The van der Waals surface area contributed by atoms with Crippen LogP contribution >= 0.6 is 0 Å². The Kier molecular flexibility index (Phi) is 2.46. The van der Waals surface area contributed by atoms with Gasteiger partial charge in [-0.3, -0.25) is 4.79 Å². The van der Waals surface area contributed by atoms with Crippen LogP contribution in [0, 0.1) is 17.2 Å². The lowest BCUT2D eigenvalue weighted by Gasteiger charge is -2.15. The molecular weight excluding hydrogens is 190 g/mol. The van der Waals surface area contributed by atoms with Crippen molar-refractivity contribution in [2.24, 2.45) is 11.0 Å². The third kappa shape index (κ3) is 1.86. The SMILES string of the molecule is N#CC1CC(c2ccccc2)=NNC1=O. The molecule has 0 aliphatic carbocycles. The van der Waals surface area contributed by atoms with Crippen molar-refractivity contribution in [2.45, 2.75) is 6.42 Å². The van der Waals surface area contributed by atoms with E-state index >= 15 is 0 Å². The zero-order valence-corrected chi connectivity index (χ0v) is 7.97. The first-order chi connectivity index (χ1) is 7.31. The van der Waals surface area contributed by atoms with Crippen LogP contribution in [0.15, 0.2) is 35.4 Å². The van der Waals surface area contributed by atoms with Crippen molar-refractivity contribution < 1.29 is 4.79 Å². The Balaban J connectivity index is 2.27. The number of hydrazone groups is 1. The molecule has 1 atom stereocenters. The highest BCUT2D eigenvalue weighted by Crippen LogP contribution is 2.14. The van der Waals surface area contributed by atoms with E-state index in [-0.39, 0.29) is 5.91 Å². The van der Waals surface area contributed by atoms with Gasteiger partial charge in [-0.05, 0) is 5.56 Å². The molecule has 0 spiro atoms. The summed E-state index contributed by atoms with van der Waals surface area (Å²) in [6.45, 7) is 0. The molecule has 1 aliphatic rings. The molecule has 74 valence electrons. The molecule has 1 heterocycles. The van der Waals surface area contributed by atoms with Crippen molar-refractivity contribution in [1.82, 2.24) is 5.43 Å². The minimum Gasteiger partial charge on any atom is -0.272 e. The smallest absolute Gasteiger partial charge is 0.257 e. The number of hydrogen-bond donors (Lipinski definition) is 1. The zero-order valence-electron chi connectivity index (χ0n) is 7.97. The van der Waals surface area contributed by atoms with E-state index in [9.17, 15) is 4.79 Å². The summed E-state index contributed by atoms with van der Waals surface area (Å²) in [5, 5.41) is 12.7. The lowest BCUT2D eigenvalue weighted by molar-refractivity contribution is -0.123. The molecule has 1 aliphatic heterocycles. The summed E-state index contributed by atoms with van der Waals surface area (Å²) in [5.41, 5.74) is 4.05. The van der Waals surface area contributed by atoms with Crippen LogP contribution in [0.5, 0.6) is 0 Å². The van der Waals surface area contributed by atoms with Gasteiger partial charge in [-0.25, -0.2) is 5.43 Å². The molecule has 0 aromatic heterocycles. The van der Waals surface area contributed by atoms with Crippen molar-refractivity contribution in [3.05, 3.63) is 35.9 Å². The van der Waals surface area contributed by atoms with E-state index in [4.69, 9.17) is 5.26 Å². The van der Waals surface area contributed by atoms with E-state index in [2.05, 4.69) is 10.5 Å². The summed E-state index contributed by atoms with van der Waals surface area (Å²) in [5.74, 6) is -0.949. The van der Waals surface area contributed by atoms with Crippen LogP contribution < -0.4 is 5.43 Å². The Labute approximate surface area is 87.2 Å². The van der Waals surface area contributed by atoms with Crippen molar-refractivity contribution in [1.29, 1.82) is 5.26 Å². The molecule has 2 rings (SSSR count). The molecule has 1 aromatic carbocycles. The average Bonchev–Trinajstić information content (AvgIpc) is 2.31. The number of nitrogens with zero attached hydrogens (tertiary/aromatic N) is 2. The van der Waals surface area contributed by atoms with Gasteiger partial charge in [0.2, 0.25) is 0 Å². The summed E-state index contributed by atoms with van der Waals surface area (Å²) in [4.78, 5) is 11.2. The molecule has 15 heavy (non-hydrogen) atoms. The summed E-state index contributed by atoms with van der Waals surface area (Å²) >= 11 is 0. The van der Waals surface area contributed by atoms with Gasteiger partial charge in [-0.2, -0.15) is 10.4 Å². The lowest BCUT2D eigenvalue weighted by atomic mass is 9.97. The molecule has 0 radical (unpaired) electrons. The first-order valence-corrected chi connectivity index (χ1v) is 4.62. The number of nitriles is 1. The van der Waals surface area contributed by atoms with Gasteiger partial charge >= 0.3 is 0 Å². The molecule has 0 bridgehead atoms. The van der Waals surface area contributed by atoms with Crippen LogP contribution in [0.3, 0.4) is 0 Å². The fourth-order valence-corrected chi connectivity index (χ4v) is 1.45. The van der Waals surface area contributed by atoms with Gasteiger partial charge in [-0.15, -0.1) is 0 Å². The van der Waals surface area contributed by atoms with Gasteiger partial charge in [0.05, 0.1) is 11.8 Å². The predicted molar refractivity (Wildman–Crippen MR) is 54.8 cm³/mol. The number of nitrogens with one attached hydrogen (secondary N) is 1. The van der Waals surface area contributed by atoms with Crippen LogP contribution in [-0.4, -0.2) is 11.6 Å². The fraction of sp³-hybridized carbons (Fsp3) is 0.182. The van der Waals surface area contributed by atoms with E-state index in [1.165, 1.54) is 0 Å². The molecule has 0 fully saturated rings. The number of rotatable bonds is 1. The van der Waals surface area contributed by atoms with E-state index in [0.29, 0.717) is 6.42 Å². The number of hydrogen-bond acceptors (Lipinski definition) is 3. The van der Waals surface area contributed by atoms with Crippen LogP contribution in [0.1, 0.15) is 12.0 Å². The third-order valence-corrected chi connectivity index (χ3v) is 2.28. The molecular formula is C11H9N3O. The van der Waals surface area contributed by atoms with Crippen LogP contribution in [0.2, 0.25) is 0 Å². The highest BCUT2D eigenvalue weighted by molar-refractivity contribution is 6.05. The topological polar surface area (TPSA) is 65.2 Å². The quantitative estimate of drug-likeness (QED) is 0.734. The van der Waals surface area contributed by atoms with Crippen LogP contribution in [0.4, 0.5) is 0 Å². The second kappa shape index (κ2) is 3.93. The maximum Gasteiger partial charge on any atom is 0.257 e. The highest BCUT2D eigenvalue weighted by atomic mass is 16.2. The van der Waals surface area contributed by atoms with Gasteiger partial charge < -0.3 is 0 Å². The van der Waals surface area contributed by atoms with E-state index in [1.54, 1.807) is 0 Å². The largest absolute Gasteiger partial charge is 0.272 e. The van der Waals surface area contributed by atoms with Gasteiger partial charge in [-0.1, -0.05) is 30.3 Å². The summed E-state index contributed by atoms with van der Waals surface area (Å²) < 4.78 is 0. The minimum absolute atomic E-state index is 0.322.